The predicted octanol–water partition coefficient (Wildman–Crippen LogP) is 2.84. The number of aryl methyl sites for hydroxylation is 2. The number of rotatable bonds is 4. The molecule has 1 aromatic carbocycles. The van der Waals surface area contributed by atoms with Gasteiger partial charge in [0.25, 0.3) is 0 Å². The van der Waals surface area contributed by atoms with Gasteiger partial charge in [-0.25, -0.2) is 4.79 Å². The van der Waals surface area contributed by atoms with E-state index < -0.39 is 11.7 Å². The second kappa shape index (κ2) is 6.80. The molecule has 0 fully saturated rings. The molecule has 1 amide bonds. The monoisotopic (exact) mass is 294 g/mol. The second-order valence-electron chi connectivity index (χ2n) is 6.17. The normalized spacial score (nSPS) is 12.7. The van der Waals surface area contributed by atoms with Crippen molar-refractivity contribution >= 4 is 6.09 Å². The maximum atomic E-state index is 11.6. The van der Waals surface area contributed by atoms with Crippen LogP contribution in [0, 0.1) is 13.8 Å². The Hall–Kier alpha value is -1.75. The fourth-order valence-corrected chi connectivity index (χ4v) is 1.90. The van der Waals surface area contributed by atoms with E-state index in [0.717, 1.165) is 22.4 Å². The molecule has 1 atom stereocenters. The summed E-state index contributed by atoms with van der Waals surface area (Å²) in [4.78, 5) is 11.6. The van der Waals surface area contributed by atoms with Gasteiger partial charge >= 0.3 is 6.09 Å². The maximum absolute atomic E-state index is 11.6. The summed E-state index contributed by atoms with van der Waals surface area (Å²) in [6.45, 7) is 9.78. The van der Waals surface area contributed by atoms with Crippen LogP contribution >= 0.6 is 0 Å². The van der Waals surface area contributed by atoms with Crippen molar-refractivity contribution in [3.63, 3.8) is 0 Å². The van der Waals surface area contributed by atoms with E-state index in [1.807, 2.05) is 46.8 Å². The average molecular weight is 294 g/mol. The van der Waals surface area contributed by atoms with Crippen molar-refractivity contribution < 1.29 is 14.3 Å². The van der Waals surface area contributed by atoms with Gasteiger partial charge in [-0.15, -0.1) is 0 Å². The lowest BCUT2D eigenvalue weighted by Crippen LogP contribution is -2.36. The highest BCUT2D eigenvalue weighted by molar-refractivity contribution is 5.67. The van der Waals surface area contributed by atoms with E-state index in [1.165, 1.54) is 0 Å². The first-order valence-electron chi connectivity index (χ1n) is 7.01. The number of ether oxygens (including phenoxy) is 2. The maximum Gasteiger partial charge on any atom is 0.407 e. The van der Waals surface area contributed by atoms with Gasteiger partial charge in [0.2, 0.25) is 0 Å². The highest BCUT2D eigenvalue weighted by atomic mass is 16.6. The van der Waals surface area contributed by atoms with E-state index in [-0.39, 0.29) is 12.6 Å². The van der Waals surface area contributed by atoms with Crippen LogP contribution in [0.5, 0.6) is 5.75 Å². The zero-order chi connectivity index (χ0) is 16.2. The molecule has 3 N–H and O–H groups in total. The van der Waals surface area contributed by atoms with Crippen LogP contribution in [0.2, 0.25) is 0 Å². The molecular formula is C16H26N2O3. The lowest BCUT2D eigenvalue weighted by atomic mass is 10.00. The van der Waals surface area contributed by atoms with E-state index in [2.05, 4.69) is 5.32 Å². The molecule has 5 heteroatoms. The van der Waals surface area contributed by atoms with Crippen LogP contribution in [0.15, 0.2) is 12.1 Å². The molecule has 0 saturated carbocycles. The third-order valence-corrected chi connectivity index (χ3v) is 3.11. The summed E-state index contributed by atoms with van der Waals surface area (Å²) in [5.41, 5.74) is 8.78. The van der Waals surface area contributed by atoms with Crippen molar-refractivity contribution in [2.45, 2.75) is 46.3 Å². The summed E-state index contributed by atoms with van der Waals surface area (Å²) in [5.74, 6) is 0.733. The van der Waals surface area contributed by atoms with Crippen molar-refractivity contribution in [3.05, 3.63) is 28.8 Å². The molecule has 1 aromatic rings. The van der Waals surface area contributed by atoms with Crippen molar-refractivity contribution in [1.82, 2.24) is 5.32 Å². The Labute approximate surface area is 126 Å². The van der Waals surface area contributed by atoms with Crippen molar-refractivity contribution in [1.29, 1.82) is 0 Å². The largest absolute Gasteiger partial charge is 0.496 e. The molecule has 0 aliphatic heterocycles. The SMILES string of the molecule is COc1cc(C)c(C)cc1C(N)CNC(=O)OC(C)(C)C. The van der Waals surface area contributed by atoms with Gasteiger partial charge in [-0.2, -0.15) is 0 Å². The second-order valence-corrected chi connectivity index (χ2v) is 6.17. The summed E-state index contributed by atoms with van der Waals surface area (Å²) in [6, 6.07) is 3.60. The van der Waals surface area contributed by atoms with Crippen LogP contribution in [-0.4, -0.2) is 25.3 Å². The number of nitrogens with one attached hydrogen (secondary N) is 1. The Bertz CT molecular complexity index is 507. The van der Waals surface area contributed by atoms with E-state index in [9.17, 15) is 4.79 Å². The molecule has 0 radical (unpaired) electrons. The molecule has 0 aromatic heterocycles. The van der Waals surface area contributed by atoms with Gasteiger partial charge in [0, 0.05) is 12.1 Å². The number of benzene rings is 1. The molecule has 21 heavy (non-hydrogen) atoms. The van der Waals surface area contributed by atoms with Gasteiger partial charge in [-0.1, -0.05) is 6.07 Å². The molecule has 118 valence electrons. The van der Waals surface area contributed by atoms with E-state index >= 15 is 0 Å². The number of alkyl carbamates (subject to hydrolysis) is 1. The standard InChI is InChI=1S/C16H26N2O3/c1-10-7-12(14(20-6)8-11(10)2)13(17)9-18-15(19)21-16(3,4)5/h7-8,13H,9,17H2,1-6H3,(H,18,19). The molecule has 0 saturated heterocycles. The number of methoxy groups -OCH3 is 1. The predicted molar refractivity (Wildman–Crippen MR) is 83.6 cm³/mol. The first-order chi connectivity index (χ1) is 9.64. The van der Waals surface area contributed by atoms with Gasteiger partial charge in [0.15, 0.2) is 0 Å². The fourth-order valence-electron chi connectivity index (χ4n) is 1.90. The number of amides is 1. The Kier molecular flexibility index (Phi) is 5.61. The minimum absolute atomic E-state index is 0.285. The Balaban J connectivity index is 2.74. The molecule has 1 unspecified atom stereocenters. The lowest BCUT2D eigenvalue weighted by molar-refractivity contribution is 0.0524. The molecular weight excluding hydrogens is 268 g/mol. The van der Waals surface area contributed by atoms with Crippen LogP contribution in [0.4, 0.5) is 4.79 Å². The third-order valence-electron chi connectivity index (χ3n) is 3.11. The number of carbonyl (C=O) groups excluding carboxylic acids is 1. The molecule has 0 bridgehead atoms. The van der Waals surface area contributed by atoms with Crippen LogP contribution in [0.25, 0.3) is 0 Å². The summed E-state index contributed by atoms with van der Waals surface area (Å²) >= 11 is 0. The highest BCUT2D eigenvalue weighted by Gasteiger charge is 2.18. The summed E-state index contributed by atoms with van der Waals surface area (Å²) < 4.78 is 10.6. The Morgan fingerprint density at radius 2 is 1.86 bits per heavy atom. The first-order valence-corrected chi connectivity index (χ1v) is 7.01. The van der Waals surface area contributed by atoms with Crippen LogP contribution in [0.3, 0.4) is 0 Å². The first kappa shape index (κ1) is 17.3. The minimum atomic E-state index is -0.522. The topological polar surface area (TPSA) is 73.6 Å². The number of hydrogen-bond donors (Lipinski definition) is 2. The van der Waals surface area contributed by atoms with Gasteiger partial charge in [-0.3, -0.25) is 0 Å². The van der Waals surface area contributed by atoms with Crippen LogP contribution < -0.4 is 15.8 Å². The smallest absolute Gasteiger partial charge is 0.407 e. The third kappa shape index (κ3) is 5.27. The highest BCUT2D eigenvalue weighted by Crippen LogP contribution is 2.27. The van der Waals surface area contributed by atoms with Gasteiger partial charge in [0.1, 0.15) is 11.4 Å². The van der Waals surface area contributed by atoms with Crippen LogP contribution in [-0.2, 0) is 4.74 Å². The quantitative estimate of drug-likeness (QED) is 0.895. The summed E-state index contributed by atoms with van der Waals surface area (Å²) in [6.07, 6.45) is -0.472. The van der Waals surface area contributed by atoms with E-state index in [0.29, 0.717) is 0 Å². The number of hydrogen-bond acceptors (Lipinski definition) is 4. The van der Waals surface area contributed by atoms with Crippen molar-refractivity contribution in [2.24, 2.45) is 5.73 Å². The molecule has 1 rings (SSSR count). The van der Waals surface area contributed by atoms with E-state index in [4.69, 9.17) is 15.2 Å². The van der Waals surface area contributed by atoms with Crippen molar-refractivity contribution in [2.75, 3.05) is 13.7 Å². The summed E-state index contributed by atoms with van der Waals surface area (Å²) in [5, 5.41) is 2.68. The fraction of sp³-hybridized carbons (Fsp3) is 0.562. The minimum Gasteiger partial charge on any atom is -0.496 e. The van der Waals surface area contributed by atoms with Gasteiger partial charge in [-0.05, 0) is 51.8 Å². The lowest BCUT2D eigenvalue weighted by Gasteiger charge is -2.22. The zero-order valence-electron chi connectivity index (χ0n) is 13.7. The molecule has 0 aliphatic carbocycles. The molecule has 0 heterocycles. The average Bonchev–Trinajstić information content (AvgIpc) is 2.36. The summed E-state index contributed by atoms with van der Waals surface area (Å²) in [7, 11) is 1.61. The van der Waals surface area contributed by atoms with E-state index in [1.54, 1.807) is 7.11 Å². The number of nitrogens with two attached hydrogens (primary N) is 1. The molecule has 0 spiro atoms. The Morgan fingerprint density at radius 1 is 1.29 bits per heavy atom. The van der Waals surface area contributed by atoms with Gasteiger partial charge in [0.05, 0.1) is 13.2 Å². The number of carbonyl (C=O) groups is 1. The van der Waals surface area contributed by atoms with Gasteiger partial charge < -0.3 is 20.5 Å². The Morgan fingerprint density at radius 3 is 2.38 bits per heavy atom. The van der Waals surface area contributed by atoms with Crippen molar-refractivity contribution in [3.8, 4) is 5.75 Å². The molecule has 5 nitrogen and oxygen atoms in total. The molecule has 0 aliphatic rings. The van der Waals surface area contributed by atoms with Crippen LogP contribution in [0.1, 0.15) is 43.5 Å². The zero-order valence-corrected chi connectivity index (χ0v) is 13.7.